The van der Waals surface area contributed by atoms with Gasteiger partial charge in [0.1, 0.15) is 0 Å². The molecule has 1 aromatic rings. The zero-order valence-electron chi connectivity index (χ0n) is 12.2. The molecule has 1 rings (SSSR count). The monoisotopic (exact) mass is 275 g/mol. The van der Waals surface area contributed by atoms with Gasteiger partial charge in [0.25, 0.3) is 0 Å². The molecule has 0 atom stereocenters. The van der Waals surface area contributed by atoms with Crippen molar-refractivity contribution in [1.82, 2.24) is 0 Å². The Labute approximate surface area is 119 Å². The van der Waals surface area contributed by atoms with Gasteiger partial charge >= 0.3 is 5.97 Å². The number of nitrogens with one attached hydrogen (secondary N) is 1. The minimum Gasteiger partial charge on any atom is -0.463 e. The molecule has 0 saturated heterocycles. The molecule has 0 saturated carbocycles. The minimum absolute atomic E-state index is 0.343. The van der Waals surface area contributed by atoms with Crippen molar-refractivity contribution in [2.24, 2.45) is 0 Å². The smallest absolute Gasteiger partial charge is 0.330 e. The van der Waals surface area contributed by atoms with E-state index in [0.29, 0.717) is 6.61 Å². The van der Waals surface area contributed by atoms with Gasteiger partial charge in [-0.1, -0.05) is 31.0 Å². The number of esters is 1. The Balaban J connectivity index is 2.48. The number of carbonyl (C=O) groups excluding carboxylic acids is 2. The molecular weight excluding hydrogens is 254 g/mol. The number of aryl methyl sites for hydroxylation is 2. The number of unbranched alkanes of at least 4 members (excludes halogenated alkanes) is 1. The van der Waals surface area contributed by atoms with Crippen LogP contribution in [0.15, 0.2) is 30.4 Å². The molecule has 4 heteroatoms. The lowest BCUT2D eigenvalue weighted by atomic mass is 10.1. The Kier molecular flexibility index (Phi) is 6.50. The van der Waals surface area contributed by atoms with Crippen molar-refractivity contribution in [3.8, 4) is 0 Å². The third-order valence-corrected chi connectivity index (χ3v) is 2.75. The van der Waals surface area contributed by atoms with Crippen molar-refractivity contribution < 1.29 is 14.3 Å². The maximum absolute atomic E-state index is 11.7. The molecule has 0 unspecified atom stereocenters. The van der Waals surface area contributed by atoms with E-state index in [1.165, 1.54) is 6.08 Å². The third kappa shape index (κ3) is 5.69. The summed E-state index contributed by atoms with van der Waals surface area (Å²) in [6.45, 7) is 6.32. The lowest BCUT2D eigenvalue weighted by molar-refractivity contribution is -0.138. The van der Waals surface area contributed by atoms with Crippen molar-refractivity contribution in [3.63, 3.8) is 0 Å². The van der Waals surface area contributed by atoms with Crippen molar-refractivity contribution in [2.75, 3.05) is 11.9 Å². The van der Waals surface area contributed by atoms with Gasteiger partial charge in [0.2, 0.25) is 5.91 Å². The van der Waals surface area contributed by atoms with Gasteiger partial charge in [-0.25, -0.2) is 4.79 Å². The number of hydrogen-bond acceptors (Lipinski definition) is 3. The van der Waals surface area contributed by atoms with E-state index in [2.05, 4.69) is 5.32 Å². The van der Waals surface area contributed by atoms with E-state index in [4.69, 9.17) is 4.74 Å². The predicted molar refractivity (Wildman–Crippen MR) is 79.6 cm³/mol. The van der Waals surface area contributed by atoms with Crippen LogP contribution in [0.1, 0.15) is 30.9 Å². The molecule has 0 heterocycles. The lowest BCUT2D eigenvalue weighted by Gasteiger charge is -2.07. The second kappa shape index (κ2) is 8.15. The van der Waals surface area contributed by atoms with Crippen molar-refractivity contribution in [2.45, 2.75) is 33.6 Å². The largest absolute Gasteiger partial charge is 0.463 e. The van der Waals surface area contributed by atoms with Crippen LogP contribution < -0.4 is 5.32 Å². The predicted octanol–water partition coefficient (Wildman–Crippen LogP) is 3.14. The molecule has 0 fully saturated rings. The van der Waals surface area contributed by atoms with Gasteiger partial charge in [-0.05, 0) is 31.9 Å². The average Bonchev–Trinajstić information content (AvgIpc) is 2.40. The number of hydrogen-bond donors (Lipinski definition) is 1. The van der Waals surface area contributed by atoms with Crippen LogP contribution in [0.5, 0.6) is 0 Å². The van der Waals surface area contributed by atoms with Crippen LogP contribution in [0.2, 0.25) is 0 Å². The van der Waals surface area contributed by atoms with Crippen LogP contribution in [-0.4, -0.2) is 18.5 Å². The first-order chi connectivity index (χ1) is 9.52. The maximum Gasteiger partial charge on any atom is 0.330 e. The molecule has 0 aromatic heterocycles. The Bertz CT molecular complexity index is 506. The summed E-state index contributed by atoms with van der Waals surface area (Å²) >= 11 is 0. The zero-order chi connectivity index (χ0) is 15.0. The Morgan fingerprint density at radius 1 is 1.25 bits per heavy atom. The second-order valence-corrected chi connectivity index (χ2v) is 4.66. The quantitative estimate of drug-likeness (QED) is 0.493. The number of benzene rings is 1. The van der Waals surface area contributed by atoms with E-state index in [1.54, 1.807) is 0 Å². The van der Waals surface area contributed by atoms with Gasteiger partial charge in [-0.2, -0.15) is 0 Å². The zero-order valence-corrected chi connectivity index (χ0v) is 12.2. The first kappa shape index (κ1) is 16.0. The fourth-order valence-electron chi connectivity index (χ4n) is 1.64. The summed E-state index contributed by atoms with van der Waals surface area (Å²) in [4.78, 5) is 23.0. The third-order valence-electron chi connectivity index (χ3n) is 2.75. The molecule has 1 amide bonds. The number of anilines is 1. The van der Waals surface area contributed by atoms with Gasteiger partial charge in [-0.15, -0.1) is 0 Å². The van der Waals surface area contributed by atoms with Gasteiger partial charge in [-0.3, -0.25) is 4.79 Å². The fourth-order valence-corrected chi connectivity index (χ4v) is 1.64. The molecule has 0 bridgehead atoms. The molecule has 1 N–H and O–H groups in total. The lowest BCUT2D eigenvalue weighted by Crippen LogP contribution is -2.10. The summed E-state index contributed by atoms with van der Waals surface area (Å²) < 4.78 is 4.92. The fraction of sp³-hybridized carbons (Fsp3) is 0.375. The van der Waals surface area contributed by atoms with Crippen molar-refractivity contribution in [3.05, 3.63) is 41.5 Å². The molecule has 0 aliphatic carbocycles. The minimum atomic E-state index is -0.491. The van der Waals surface area contributed by atoms with Crippen LogP contribution >= 0.6 is 0 Å². The van der Waals surface area contributed by atoms with E-state index in [-0.39, 0.29) is 5.91 Å². The van der Waals surface area contributed by atoms with Gasteiger partial charge in [0.15, 0.2) is 0 Å². The number of amides is 1. The van der Waals surface area contributed by atoms with Gasteiger partial charge < -0.3 is 10.1 Å². The Hall–Kier alpha value is -2.10. The molecule has 0 aliphatic rings. The van der Waals surface area contributed by atoms with Crippen LogP contribution in [-0.2, 0) is 14.3 Å². The topological polar surface area (TPSA) is 55.4 Å². The van der Waals surface area contributed by atoms with E-state index in [1.807, 2.05) is 39.0 Å². The van der Waals surface area contributed by atoms with E-state index in [9.17, 15) is 9.59 Å². The molecule has 4 nitrogen and oxygen atoms in total. The van der Waals surface area contributed by atoms with Gasteiger partial charge in [0.05, 0.1) is 6.61 Å². The Morgan fingerprint density at radius 3 is 2.65 bits per heavy atom. The molecule has 0 radical (unpaired) electrons. The highest BCUT2D eigenvalue weighted by atomic mass is 16.5. The van der Waals surface area contributed by atoms with Crippen LogP contribution in [0, 0.1) is 13.8 Å². The summed E-state index contributed by atoms with van der Waals surface area (Å²) in [6, 6.07) is 5.75. The van der Waals surface area contributed by atoms with Crippen LogP contribution in [0.25, 0.3) is 0 Å². The van der Waals surface area contributed by atoms with Crippen molar-refractivity contribution in [1.29, 1.82) is 0 Å². The van der Waals surface area contributed by atoms with E-state index in [0.717, 1.165) is 35.7 Å². The molecular formula is C16H21NO3. The normalized spacial score (nSPS) is 10.6. The second-order valence-electron chi connectivity index (χ2n) is 4.66. The highest BCUT2D eigenvalue weighted by molar-refractivity contribution is 6.02. The standard InChI is InChI=1S/C16H21NO3/c1-4-5-10-20-16(19)9-8-15(18)17-14-7-6-12(2)11-13(14)3/h6-9,11H,4-5,10H2,1-3H3,(H,17,18)/b9-8+. The average molecular weight is 275 g/mol. The van der Waals surface area contributed by atoms with Crippen LogP contribution in [0.4, 0.5) is 5.69 Å². The van der Waals surface area contributed by atoms with Crippen LogP contribution in [0.3, 0.4) is 0 Å². The molecule has 20 heavy (non-hydrogen) atoms. The number of ether oxygens (including phenoxy) is 1. The van der Waals surface area contributed by atoms with E-state index >= 15 is 0 Å². The molecule has 0 aliphatic heterocycles. The molecule has 108 valence electrons. The van der Waals surface area contributed by atoms with Crippen molar-refractivity contribution >= 4 is 17.6 Å². The molecule has 1 aromatic carbocycles. The maximum atomic E-state index is 11.7. The highest BCUT2D eigenvalue weighted by Crippen LogP contribution is 2.15. The summed E-state index contributed by atoms with van der Waals surface area (Å²) in [5.74, 6) is -0.835. The SMILES string of the molecule is CCCCOC(=O)/C=C/C(=O)Nc1ccc(C)cc1C. The summed E-state index contributed by atoms with van der Waals surface area (Å²) in [5.41, 5.74) is 2.86. The number of rotatable bonds is 6. The van der Waals surface area contributed by atoms with Gasteiger partial charge in [0, 0.05) is 17.8 Å². The summed E-state index contributed by atoms with van der Waals surface area (Å²) in [7, 11) is 0. The first-order valence-corrected chi connectivity index (χ1v) is 6.76. The summed E-state index contributed by atoms with van der Waals surface area (Å²) in [5, 5.41) is 2.73. The molecule has 0 spiro atoms. The Morgan fingerprint density at radius 2 is 2.00 bits per heavy atom. The highest BCUT2D eigenvalue weighted by Gasteiger charge is 2.03. The first-order valence-electron chi connectivity index (χ1n) is 6.76. The number of carbonyl (C=O) groups is 2. The summed E-state index contributed by atoms with van der Waals surface area (Å²) in [6.07, 6.45) is 4.13. The van der Waals surface area contributed by atoms with E-state index < -0.39 is 5.97 Å².